The molecule has 1 fully saturated rings. The summed E-state index contributed by atoms with van der Waals surface area (Å²) in [4.78, 5) is 3.81. The van der Waals surface area contributed by atoms with Gasteiger partial charge in [-0.05, 0) is 29.1 Å². The number of nitrogens with one attached hydrogen (secondary N) is 1. The van der Waals surface area contributed by atoms with Gasteiger partial charge in [0, 0.05) is 41.1 Å². The highest BCUT2D eigenvalue weighted by Gasteiger charge is 2.26. The first-order valence-electron chi connectivity index (χ1n) is 6.69. The minimum absolute atomic E-state index is 0. The lowest BCUT2D eigenvalue weighted by atomic mass is 10.0. The van der Waals surface area contributed by atoms with Gasteiger partial charge in [-0.15, -0.1) is 36.2 Å². The molecule has 1 aliphatic rings. The minimum Gasteiger partial charge on any atom is -0.314 e. The maximum Gasteiger partial charge on any atom is 0.0711 e. The van der Waals surface area contributed by atoms with Crippen LogP contribution >= 0.6 is 59.4 Å². The molecule has 3 rings (SSSR count). The zero-order valence-corrected chi connectivity index (χ0v) is 15.8. The van der Waals surface area contributed by atoms with E-state index in [9.17, 15) is 0 Å². The zero-order valence-electron chi connectivity index (χ0n) is 11.8. The van der Waals surface area contributed by atoms with E-state index in [-0.39, 0.29) is 30.9 Å². The molecule has 2 aromatic rings. The quantitative estimate of drug-likeness (QED) is 0.789. The fraction of sp³-hybridized carbons (Fsp3) is 0.333. The van der Waals surface area contributed by atoms with Gasteiger partial charge in [0.15, 0.2) is 0 Å². The van der Waals surface area contributed by atoms with Crippen molar-refractivity contribution in [2.24, 2.45) is 0 Å². The SMILES string of the molecule is Cl.Cl.Clc1ccc([C@@H](c2cccs2)N2CCNCC2)c(Cl)c1. The summed E-state index contributed by atoms with van der Waals surface area (Å²) in [5.41, 5.74) is 1.14. The molecule has 0 radical (unpaired) electrons. The summed E-state index contributed by atoms with van der Waals surface area (Å²) in [6.45, 7) is 4.10. The molecular weight excluding hydrogens is 382 g/mol. The summed E-state index contributed by atoms with van der Waals surface area (Å²) < 4.78 is 0. The van der Waals surface area contributed by atoms with Crippen LogP contribution in [0.2, 0.25) is 10.0 Å². The Balaban J connectivity index is 0.00000121. The van der Waals surface area contributed by atoms with E-state index in [0.29, 0.717) is 5.02 Å². The number of halogens is 4. The van der Waals surface area contributed by atoms with E-state index in [2.05, 4.69) is 33.8 Å². The van der Waals surface area contributed by atoms with Crippen LogP contribution in [0.4, 0.5) is 0 Å². The monoisotopic (exact) mass is 398 g/mol. The molecule has 122 valence electrons. The van der Waals surface area contributed by atoms with E-state index in [0.717, 1.165) is 36.8 Å². The van der Waals surface area contributed by atoms with Crippen LogP contribution in [0.25, 0.3) is 0 Å². The molecule has 0 unspecified atom stereocenters. The molecule has 0 amide bonds. The van der Waals surface area contributed by atoms with Crippen LogP contribution in [0.5, 0.6) is 0 Å². The molecule has 0 aliphatic carbocycles. The first kappa shape index (κ1) is 20.0. The molecule has 1 aromatic carbocycles. The van der Waals surface area contributed by atoms with Gasteiger partial charge in [-0.3, -0.25) is 4.90 Å². The average Bonchev–Trinajstić information content (AvgIpc) is 2.97. The number of hydrogen-bond acceptors (Lipinski definition) is 3. The summed E-state index contributed by atoms with van der Waals surface area (Å²) in [6, 6.07) is 10.3. The lowest BCUT2D eigenvalue weighted by molar-refractivity contribution is 0.201. The normalized spacial score (nSPS) is 16.5. The van der Waals surface area contributed by atoms with Crippen LogP contribution < -0.4 is 5.32 Å². The molecule has 2 heterocycles. The number of hydrogen-bond donors (Lipinski definition) is 1. The van der Waals surface area contributed by atoms with Gasteiger partial charge in [0.2, 0.25) is 0 Å². The number of piperazine rings is 1. The Labute approximate surface area is 157 Å². The zero-order chi connectivity index (χ0) is 13.9. The Kier molecular flexibility index (Phi) is 8.50. The fourth-order valence-electron chi connectivity index (χ4n) is 2.64. The summed E-state index contributed by atoms with van der Waals surface area (Å²) in [7, 11) is 0. The summed E-state index contributed by atoms with van der Waals surface area (Å²) in [5, 5.41) is 6.95. The second kappa shape index (κ2) is 9.33. The van der Waals surface area contributed by atoms with Crippen LogP contribution in [0.3, 0.4) is 0 Å². The van der Waals surface area contributed by atoms with Gasteiger partial charge in [0.05, 0.1) is 6.04 Å². The Bertz CT molecular complexity index is 571. The molecular formula is C15H18Cl4N2S. The summed E-state index contributed by atoms with van der Waals surface area (Å²) in [5.74, 6) is 0. The van der Waals surface area contributed by atoms with Crippen molar-refractivity contribution in [2.45, 2.75) is 6.04 Å². The second-order valence-electron chi connectivity index (χ2n) is 4.87. The topological polar surface area (TPSA) is 15.3 Å². The van der Waals surface area contributed by atoms with Gasteiger partial charge >= 0.3 is 0 Å². The van der Waals surface area contributed by atoms with Gasteiger partial charge < -0.3 is 5.32 Å². The first-order chi connectivity index (χ1) is 9.75. The lowest BCUT2D eigenvalue weighted by Gasteiger charge is -2.35. The van der Waals surface area contributed by atoms with Gasteiger partial charge in [-0.1, -0.05) is 35.3 Å². The average molecular weight is 400 g/mol. The van der Waals surface area contributed by atoms with E-state index in [1.54, 1.807) is 11.3 Å². The Morgan fingerprint density at radius 2 is 1.82 bits per heavy atom. The molecule has 0 spiro atoms. The third-order valence-electron chi connectivity index (χ3n) is 3.59. The maximum atomic E-state index is 6.44. The van der Waals surface area contributed by atoms with Crippen molar-refractivity contribution in [3.8, 4) is 0 Å². The highest BCUT2D eigenvalue weighted by molar-refractivity contribution is 7.10. The largest absolute Gasteiger partial charge is 0.314 e. The molecule has 22 heavy (non-hydrogen) atoms. The van der Waals surface area contributed by atoms with Crippen molar-refractivity contribution in [1.82, 2.24) is 10.2 Å². The van der Waals surface area contributed by atoms with Crippen molar-refractivity contribution in [1.29, 1.82) is 0 Å². The molecule has 1 N–H and O–H groups in total. The predicted octanol–water partition coefficient (Wildman–Crippen LogP) is 4.89. The summed E-state index contributed by atoms with van der Waals surface area (Å²) in [6.07, 6.45) is 0. The van der Waals surface area contributed by atoms with E-state index in [1.165, 1.54) is 4.88 Å². The minimum atomic E-state index is 0. The van der Waals surface area contributed by atoms with Crippen LogP contribution in [0.15, 0.2) is 35.7 Å². The summed E-state index contributed by atoms with van der Waals surface area (Å²) >= 11 is 14.2. The first-order valence-corrected chi connectivity index (χ1v) is 8.32. The molecule has 1 saturated heterocycles. The Hall–Kier alpha value is -0.000000000000000167. The predicted molar refractivity (Wildman–Crippen MR) is 102 cm³/mol. The molecule has 1 atom stereocenters. The van der Waals surface area contributed by atoms with E-state index in [4.69, 9.17) is 23.2 Å². The van der Waals surface area contributed by atoms with E-state index in [1.807, 2.05) is 12.1 Å². The third-order valence-corrected chi connectivity index (χ3v) is 5.07. The van der Waals surface area contributed by atoms with Gasteiger partial charge in [-0.25, -0.2) is 0 Å². The Morgan fingerprint density at radius 3 is 2.41 bits per heavy atom. The fourth-order valence-corrected chi connectivity index (χ4v) is 4.03. The maximum absolute atomic E-state index is 6.44. The highest BCUT2D eigenvalue weighted by Crippen LogP contribution is 2.36. The van der Waals surface area contributed by atoms with Gasteiger partial charge in [-0.2, -0.15) is 0 Å². The highest BCUT2D eigenvalue weighted by atomic mass is 35.5. The van der Waals surface area contributed by atoms with Crippen molar-refractivity contribution < 1.29 is 0 Å². The number of thiophene rings is 1. The smallest absolute Gasteiger partial charge is 0.0711 e. The second-order valence-corrected chi connectivity index (χ2v) is 6.69. The van der Waals surface area contributed by atoms with Gasteiger partial charge in [0.1, 0.15) is 0 Å². The number of nitrogens with zero attached hydrogens (tertiary/aromatic N) is 1. The van der Waals surface area contributed by atoms with Crippen molar-refractivity contribution >= 4 is 59.4 Å². The van der Waals surface area contributed by atoms with Crippen LogP contribution in [0, 0.1) is 0 Å². The molecule has 2 nitrogen and oxygen atoms in total. The van der Waals surface area contributed by atoms with Crippen molar-refractivity contribution in [2.75, 3.05) is 26.2 Å². The molecule has 0 bridgehead atoms. The van der Waals surface area contributed by atoms with Crippen LogP contribution in [-0.2, 0) is 0 Å². The van der Waals surface area contributed by atoms with Crippen molar-refractivity contribution in [3.05, 3.63) is 56.2 Å². The number of benzene rings is 1. The van der Waals surface area contributed by atoms with Gasteiger partial charge in [0.25, 0.3) is 0 Å². The molecule has 1 aliphatic heterocycles. The lowest BCUT2D eigenvalue weighted by Crippen LogP contribution is -2.45. The van der Waals surface area contributed by atoms with E-state index >= 15 is 0 Å². The molecule has 7 heteroatoms. The standard InChI is InChI=1S/C15H16Cl2N2S.2ClH/c16-11-3-4-12(13(17)10-11)15(14-2-1-9-20-14)19-7-5-18-6-8-19;;/h1-4,9-10,15,18H,5-8H2;2*1H/t15-;;/m0../s1. The van der Waals surface area contributed by atoms with E-state index < -0.39 is 0 Å². The number of rotatable bonds is 3. The molecule has 1 aromatic heterocycles. The van der Waals surface area contributed by atoms with Crippen molar-refractivity contribution in [3.63, 3.8) is 0 Å². The van der Waals surface area contributed by atoms with Crippen LogP contribution in [0.1, 0.15) is 16.5 Å². The Morgan fingerprint density at radius 1 is 1.09 bits per heavy atom. The molecule has 0 saturated carbocycles. The third kappa shape index (κ3) is 4.51. The van der Waals surface area contributed by atoms with Crippen LogP contribution in [-0.4, -0.2) is 31.1 Å².